The van der Waals surface area contributed by atoms with E-state index in [0.717, 1.165) is 4.47 Å². The molecule has 0 bridgehead atoms. The van der Waals surface area contributed by atoms with Gasteiger partial charge in [0.25, 0.3) is 5.91 Å². The van der Waals surface area contributed by atoms with Gasteiger partial charge in [0.1, 0.15) is 0 Å². The Bertz CT molecular complexity index is 420. The molecule has 1 atom stereocenters. The van der Waals surface area contributed by atoms with Crippen molar-refractivity contribution in [1.82, 2.24) is 5.32 Å². The largest absolute Gasteiger partial charge is 0.449 e. The molecule has 1 N–H and O–H groups in total. The Hall–Kier alpha value is -1.36. The second-order valence-electron chi connectivity index (χ2n) is 3.45. The molecule has 1 aromatic carbocycles. The molecule has 0 aliphatic rings. The zero-order valence-corrected chi connectivity index (χ0v) is 11.3. The second kappa shape index (κ2) is 6.39. The van der Waals surface area contributed by atoms with Crippen LogP contribution < -0.4 is 5.32 Å². The Morgan fingerprint density at radius 2 is 2.18 bits per heavy atom. The average molecular weight is 300 g/mol. The first-order valence-electron chi connectivity index (χ1n) is 5.29. The fourth-order valence-electron chi connectivity index (χ4n) is 1.22. The molecule has 0 aliphatic carbocycles. The van der Waals surface area contributed by atoms with Crippen LogP contribution in [0.15, 0.2) is 28.7 Å². The van der Waals surface area contributed by atoms with Gasteiger partial charge in [-0.15, -0.1) is 0 Å². The average Bonchev–Trinajstić information content (AvgIpc) is 2.29. The van der Waals surface area contributed by atoms with E-state index in [9.17, 15) is 9.59 Å². The van der Waals surface area contributed by atoms with Crippen LogP contribution in [0.3, 0.4) is 0 Å². The summed E-state index contributed by atoms with van der Waals surface area (Å²) in [5, 5.41) is 2.59. The van der Waals surface area contributed by atoms with Crippen molar-refractivity contribution >= 4 is 27.8 Å². The fourth-order valence-corrected chi connectivity index (χ4v) is 1.61. The van der Waals surface area contributed by atoms with Crippen LogP contribution in [-0.2, 0) is 9.53 Å². The van der Waals surface area contributed by atoms with E-state index in [-0.39, 0.29) is 5.91 Å². The highest BCUT2D eigenvalue weighted by Gasteiger charge is 2.17. The second-order valence-corrected chi connectivity index (χ2v) is 4.37. The minimum Gasteiger partial charge on any atom is -0.449 e. The van der Waals surface area contributed by atoms with E-state index in [0.29, 0.717) is 12.1 Å². The molecular weight excluding hydrogens is 286 g/mol. The molecule has 0 saturated heterocycles. The fraction of sp³-hybridized carbons (Fsp3) is 0.333. The molecule has 0 unspecified atom stereocenters. The van der Waals surface area contributed by atoms with E-state index in [1.165, 1.54) is 0 Å². The summed E-state index contributed by atoms with van der Waals surface area (Å²) in [5.41, 5.74) is 0.413. The van der Waals surface area contributed by atoms with Gasteiger partial charge in [-0.1, -0.05) is 22.0 Å². The lowest BCUT2D eigenvalue weighted by Crippen LogP contribution is -2.35. The Morgan fingerprint density at radius 3 is 2.76 bits per heavy atom. The Kier molecular flexibility index (Phi) is 5.15. The van der Waals surface area contributed by atoms with Crippen molar-refractivity contribution in [2.75, 3.05) is 6.54 Å². The highest BCUT2D eigenvalue weighted by atomic mass is 79.9. The predicted molar refractivity (Wildman–Crippen MR) is 67.7 cm³/mol. The topological polar surface area (TPSA) is 55.4 Å². The molecule has 1 rings (SSSR count). The highest BCUT2D eigenvalue weighted by molar-refractivity contribution is 9.10. The van der Waals surface area contributed by atoms with Crippen LogP contribution in [0.5, 0.6) is 0 Å². The molecule has 0 saturated carbocycles. The van der Waals surface area contributed by atoms with Gasteiger partial charge >= 0.3 is 5.97 Å². The minimum atomic E-state index is -0.790. The number of hydrogen-bond acceptors (Lipinski definition) is 3. The minimum absolute atomic E-state index is 0.296. The van der Waals surface area contributed by atoms with Crippen molar-refractivity contribution < 1.29 is 14.3 Å². The molecule has 92 valence electrons. The lowest BCUT2D eigenvalue weighted by molar-refractivity contribution is -0.128. The monoisotopic (exact) mass is 299 g/mol. The number of esters is 1. The molecular formula is C12H14BrNO3. The predicted octanol–water partition coefficient (Wildman–Crippen LogP) is 2.13. The van der Waals surface area contributed by atoms with Crippen molar-refractivity contribution in [2.45, 2.75) is 20.0 Å². The number of likely N-dealkylation sites (N-methyl/N-ethyl adjacent to an activating group) is 1. The van der Waals surface area contributed by atoms with Crippen molar-refractivity contribution in [3.63, 3.8) is 0 Å². The lowest BCUT2D eigenvalue weighted by atomic mass is 10.2. The first-order valence-corrected chi connectivity index (χ1v) is 6.08. The first kappa shape index (κ1) is 13.7. The number of carbonyl (C=O) groups excluding carboxylic acids is 2. The zero-order valence-electron chi connectivity index (χ0n) is 9.70. The SMILES string of the molecule is CCNC(=O)[C@@H](C)OC(=O)c1cccc(Br)c1. The molecule has 1 amide bonds. The van der Waals surface area contributed by atoms with E-state index in [2.05, 4.69) is 21.2 Å². The summed E-state index contributed by atoms with van der Waals surface area (Å²) in [7, 11) is 0. The van der Waals surface area contributed by atoms with Crippen molar-refractivity contribution in [3.05, 3.63) is 34.3 Å². The van der Waals surface area contributed by atoms with Crippen LogP contribution in [0.1, 0.15) is 24.2 Å². The zero-order chi connectivity index (χ0) is 12.8. The molecule has 4 nitrogen and oxygen atoms in total. The van der Waals surface area contributed by atoms with E-state index >= 15 is 0 Å². The van der Waals surface area contributed by atoms with Crippen LogP contribution in [0.4, 0.5) is 0 Å². The Morgan fingerprint density at radius 1 is 1.47 bits per heavy atom. The molecule has 17 heavy (non-hydrogen) atoms. The van der Waals surface area contributed by atoms with Gasteiger partial charge in [-0.25, -0.2) is 4.79 Å². The smallest absolute Gasteiger partial charge is 0.338 e. The summed E-state index contributed by atoms with van der Waals surface area (Å²) in [6.45, 7) is 3.86. The standard InChI is InChI=1S/C12H14BrNO3/c1-3-14-11(15)8(2)17-12(16)9-5-4-6-10(13)7-9/h4-8H,3H2,1-2H3,(H,14,15)/t8-/m1/s1. The van der Waals surface area contributed by atoms with E-state index in [4.69, 9.17) is 4.74 Å². The molecule has 0 aromatic heterocycles. The van der Waals surface area contributed by atoms with Gasteiger partial charge in [0.05, 0.1) is 5.56 Å². The number of rotatable bonds is 4. The Balaban J connectivity index is 2.63. The van der Waals surface area contributed by atoms with E-state index in [1.807, 2.05) is 6.07 Å². The van der Waals surface area contributed by atoms with Gasteiger partial charge in [0, 0.05) is 11.0 Å². The van der Waals surface area contributed by atoms with Gasteiger partial charge in [0.2, 0.25) is 0 Å². The number of benzene rings is 1. The van der Waals surface area contributed by atoms with E-state index < -0.39 is 12.1 Å². The van der Waals surface area contributed by atoms with Gasteiger partial charge in [-0.2, -0.15) is 0 Å². The quantitative estimate of drug-likeness (QED) is 0.867. The number of amides is 1. The maximum atomic E-state index is 11.7. The maximum absolute atomic E-state index is 11.7. The van der Waals surface area contributed by atoms with E-state index in [1.54, 1.807) is 32.0 Å². The lowest BCUT2D eigenvalue weighted by Gasteiger charge is -2.12. The highest BCUT2D eigenvalue weighted by Crippen LogP contribution is 2.13. The molecule has 0 heterocycles. The summed E-state index contributed by atoms with van der Waals surface area (Å²) in [4.78, 5) is 23.1. The molecule has 0 fully saturated rings. The van der Waals surface area contributed by atoms with Gasteiger partial charge in [-0.05, 0) is 32.0 Å². The van der Waals surface area contributed by atoms with Crippen LogP contribution in [0.25, 0.3) is 0 Å². The maximum Gasteiger partial charge on any atom is 0.338 e. The number of carbonyl (C=O) groups is 2. The molecule has 0 aliphatic heterocycles. The third-order valence-electron chi connectivity index (χ3n) is 2.06. The number of halogens is 1. The molecule has 5 heteroatoms. The number of hydrogen-bond donors (Lipinski definition) is 1. The molecule has 1 aromatic rings. The van der Waals surface area contributed by atoms with Crippen molar-refractivity contribution in [1.29, 1.82) is 0 Å². The van der Waals surface area contributed by atoms with Gasteiger partial charge in [-0.3, -0.25) is 4.79 Å². The summed E-state index contributed by atoms with van der Waals surface area (Å²) in [6, 6.07) is 6.83. The summed E-state index contributed by atoms with van der Waals surface area (Å²) < 4.78 is 5.82. The summed E-state index contributed by atoms with van der Waals surface area (Å²) in [5.74, 6) is -0.805. The molecule has 0 radical (unpaired) electrons. The van der Waals surface area contributed by atoms with Gasteiger partial charge in [0.15, 0.2) is 6.10 Å². The first-order chi connectivity index (χ1) is 8.04. The van der Waals surface area contributed by atoms with Crippen LogP contribution in [0, 0.1) is 0 Å². The van der Waals surface area contributed by atoms with Crippen molar-refractivity contribution in [2.24, 2.45) is 0 Å². The van der Waals surface area contributed by atoms with Crippen LogP contribution >= 0.6 is 15.9 Å². The van der Waals surface area contributed by atoms with Crippen LogP contribution in [-0.4, -0.2) is 24.5 Å². The summed E-state index contributed by atoms with van der Waals surface area (Å²) >= 11 is 3.26. The normalized spacial score (nSPS) is 11.7. The summed E-state index contributed by atoms with van der Waals surface area (Å²) in [6.07, 6.45) is -0.790. The number of ether oxygens (including phenoxy) is 1. The number of nitrogens with one attached hydrogen (secondary N) is 1. The third kappa shape index (κ3) is 4.19. The molecule has 0 spiro atoms. The third-order valence-corrected chi connectivity index (χ3v) is 2.56. The van der Waals surface area contributed by atoms with Crippen molar-refractivity contribution in [3.8, 4) is 0 Å². The Labute approximate surface area is 108 Å². The van der Waals surface area contributed by atoms with Crippen LogP contribution in [0.2, 0.25) is 0 Å². The van der Waals surface area contributed by atoms with Gasteiger partial charge < -0.3 is 10.1 Å².